The number of amides is 2. The molecule has 24 heavy (non-hydrogen) atoms. The smallest absolute Gasteiger partial charge is 0.253 e. The van der Waals surface area contributed by atoms with Crippen LogP contribution in [0.4, 0.5) is 0 Å². The Morgan fingerprint density at radius 3 is 2.46 bits per heavy atom. The van der Waals surface area contributed by atoms with Gasteiger partial charge in [-0.1, -0.05) is 0 Å². The number of pyridine rings is 1. The van der Waals surface area contributed by atoms with Crippen molar-refractivity contribution in [2.24, 2.45) is 11.8 Å². The quantitative estimate of drug-likeness (QED) is 0.837. The van der Waals surface area contributed by atoms with E-state index < -0.39 is 0 Å². The Hall–Kier alpha value is -1.95. The van der Waals surface area contributed by atoms with Gasteiger partial charge in [0, 0.05) is 63.1 Å². The predicted molar refractivity (Wildman–Crippen MR) is 89.4 cm³/mol. The van der Waals surface area contributed by atoms with Crippen LogP contribution in [0.25, 0.3) is 0 Å². The van der Waals surface area contributed by atoms with E-state index in [0.717, 1.165) is 39.0 Å². The number of hydrogen-bond acceptors (Lipinski definition) is 4. The molecule has 0 radical (unpaired) electrons. The first-order valence-electron chi connectivity index (χ1n) is 8.66. The number of hydrogen-bond donors (Lipinski definition) is 0. The van der Waals surface area contributed by atoms with Crippen LogP contribution in [0, 0.1) is 11.8 Å². The third kappa shape index (κ3) is 3.75. The Bertz CT molecular complexity index is 570. The van der Waals surface area contributed by atoms with Crippen molar-refractivity contribution < 1.29 is 14.3 Å². The Labute approximate surface area is 142 Å². The lowest BCUT2D eigenvalue weighted by molar-refractivity contribution is -0.136. The molecule has 1 atom stereocenters. The fourth-order valence-corrected chi connectivity index (χ4v) is 3.67. The Morgan fingerprint density at radius 1 is 1.12 bits per heavy atom. The number of carbonyl (C=O) groups is 2. The third-order valence-corrected chi connectivity index (χ3v) is 5.06. The molecule has 2 amide bonds. The maximum atomic E-state index is 12.7. The van der Waals surface area contributed by atoms with Gasteiger partial charge >= 0.3 is 0 Å². The van der Waals surface area contributed by atoms with Crippen LogP contribution in [-0.4, -0.2) is 66.5 Å². The number of rotatable bonds is 4. The molecule has 2 fully saturated rings. The third-order valence-electron chi connectivity index (χ3n) is 5.06. The fourth-order valence-electron chi connectivity index (χ4n) is 3.67. The van der Waals surface area contributed by atoms with Gasteiger partial charge in [0.1, 0.15) is 0 Å². The summed E-state index contributed by atoms with van der Waals surface area (Å²) in [6, 6.07) is 3.47. The van der Waals surface area contributed by atoms with Crippen LogP contribution >= 0.6 is 0 Å². The molecule has 0 spiro atoms. The summed E-state index contributed by atoms with van der Waals surface area (Å²) >= 11 is 0. The minimum absolute atomic E-state index is 0.0321. The second-order valence-electron chi connectivity index (χ2n) is 6.70. The van der Waals surface area contributed by atoms with Crippen molar-refractivity contribution >= 4 is 11.8 Å². The molecule has 3 heterocycles. The lowest BCUT2D eigenvalue weighted by atomic mass is 9.95. The van der Waals surface area contributed by atoms with Crippen LogP contribution < -0.4 is 0 Å². The normalized spacial score (nSPS) is 22.0. The van der Waals surface area contributed by atoms with E-state index in [2.05, 4.69) is 4.98 Å². The topological polar surface area (TPSA) is 62.7 Å². The van der Waals surface area contributed by atoms with Crippen molar-refractivity contribution in [3.8, 4) is 0 Å². The monoisotopic (exact) mass is 331 g/mol. The first kappa shape index (κ1) is 16.9. The van der Waals surface area contributed by atoms with Crippen molar-refractivity contribution in [1.29, 1.82) is 0 Å². The summed E-state index contributed by atoms with van der Waals surface area (Å²) in [5.74, 6) is 0.800. The van der Waals surface area contributed by atoms with Crippen LogP contribution in [0.1, 0.15) is 29.6 Å². The van der Waals surface area contributed by atoms with Crippen LogP contribution in [0.2, 0.25) is 0 Å². The van der Waals surface area contributed by atoms with Crippen LogP contribution in [0.3, 0.4) is 0 Å². The number of carbonyl (C=O) groups excluding carboxylic acids is 2. The van der Waals surface area contributed by atoms with E-state index >= 15 is 0 Å². The molecule has 0 aromatic carbocycles. The van der Waals surface area contributed by atoms with Gasteiger partial charge in [-0.25, -0.2) is 0 Å². The molecule has 3 rings (SSSR count). The number of likely N-dealkylation sites (tertiary alicyclic amines) is 2. The number of methoxy groups -OCH3 is 1. The van der Waals surface area contributed by atoms with Crippen molar-refractivity contribution in [3.63, 3.8) is 0 Å². The molecule has 0 bridgehead atoms. The highest BCUT2D eigenvalue weighted by atomic mass is 16.5. The predicted octanol–water partition coefficient (Wildman–Crippen LogP) is 1.43. The Morgan fingerprint density at radius 2 is 1.79 bits per heavy atom. The molecule has 0 unspecified atom stereocenters. The average Bonchev–Trinajstić information content (AvgIpc) is 3.10. The molecule has 0 aliphatic carbocycles. The summed E-state index contributed by atoms with van der Waals surface area (Å²) in [6.07, 6.45) is 5.79. The lowest BCUT2D eigenvalue weighted by Crippen LogP contribution is -2.44. The Balaban J connectivity index is 1.50. The van der Waals surface area contributed by atoms with E-state index in [4.69, 9.17) is 4.74 Å². The zero-order valence-corrected chi connectivity index (χ0v) is 14.2. The molecule has 2 aliphatic rings. The van der Waals surface area contributed by atoms with E-state index in [9.17, 15) is 9.59 Å². The number of piperidine rings is 1. The Kier molecular flexibility index (Phi) is 5.45. The standard InChI is InChI=1S/C18H25N3O3/c1-24-13-14-4-9-21(12-14)18(23)16-5-10-20(11-6-16)17(22)15-2-7-19-8-3-15/h2-3,7-8,14,16H,4-6,9-13H2,1H3/t14-/m0/s1. The highest BCUT2D eigenvalue weighted by Crippen LogP contribution is 2.25. The van der Waals surface area contributed by atoms with E-state index in [-0.39, 0.29) is 17.7 Å². The molecule has 2 saturated heterocycles. The van der Waals surface area contributed by atoms with Crippen LogP contribution in [-0.2, 0) is 9.53 Å². The first-order valence-corrected chi connectivity index (χ1v) is 8.66. The fraction of sp³-hybridized carbons (Fsp3) is 0.611. The molecule has 6 nitrogen and oxygen atoms in total. The first-order chi connectivity index (χ1) is 11.7. The van der Waals surface area contributed by atoms with Crippen LogP contribution in [0.15, 0.2) is 24.5 Å². The van der Waals surface area contributed by atoms with E-state index in [1.165, 1.54) is 0 Å². The second-order valence-corrected chi connectivity index (χ2v) is 6.70. The molecule has 1 aromatic heterocycles. The number of ether oxygens (including phenoxy) is 1. The maximum Gasteiger partial charge on any atom is 0.253 e. The van der Waals surface area contributed by atoms with Gasteiger partial charge in [-0.15, -0.1) is 0 Å². The van der Waals surface area contributed by atoms with Crippen molar-refractivity contribution in [2.75, 3.05) is 39.9 Å². The zero-order chi connectivity index (χ0) is 16.9. The van der Waals surface area contributed by atoms with E-state index in [0.29, 0.717) is 24.6 Å². The molecular formula is C18H25N3O3. The SMILES string of the molecule is COC[C@H]1CCN(C(=O)C2CCN(C(=O)c3ccncc3)CC2)C1. The molecule has 2 aliphatic heterocycles. The van der Waals surface area contributed by atoms with Crippen molar-refractivity contribution in [3.05, 3.63) is 30.1 Å². The van der Waals surface area contributed by atoms with Gasteiger partial charge in [0.2, 0.25) is 5.91 Å². The molecule has 1 aromatic rings. The summed E-state index contributed by atoms with van der Waals surface area (Å²) in [5, 5.41) is 0. The molecule has 130 valence electrons. The molecule has 6 heteroatoms. The second kappa shape index (κ2) is 7.75. The van der Waals surface area contributed by atoms with Gasteiger partial charge in [0.05, 0.1) is 6.61 Å². The summed E-state index contributed by atoms with van der Waals surface area (Å²) < 4.78 is 5.20. The van der Waals surface area contributed by atoms with Gasteiger partial charge in [-0.3, -0.25) is 14.6 Å². The van der Waals surface area contributed by atoms with Crippen LogP contribution in [0.5, 0.6) is 0 Å². The van der Waals surface area contributed by atoms with Gasteiger partial charge in [0.15, 0.2) is 0 Å². The summed E-state index contributed by atoms with van der Waals surface area (Å²) in [7, 11) is 1.71. The molecule has 0 N–H and O–H groups in total. The van der Waals surface area contributed by atoms with Gasteiger partial charge < -0.3 is 14.5 Å². The number of aromatic nitrogens is 1. The van der Waals surface area contributed by atoms with E-state index in [1.54, 1.807) is 31.6 Å². The highest BCUT2D eigenvalue weighted by Gasteiger charge is 2.33. The summed E-state index contributed by atoms with van der Waals surface area (Å²) in [4.78, 5) is 32.9. The molecular weight excluding hydrogens is 306 g/mol. The average molecular weight is 331 g/mol. The van der Waals surface area contributed by atoms with E-state index in [1.807, 2.05) is 9.80 Å². The van der Waals surface area contributed by atoms with Gasteiger partial charge in [-0.05, 0) is 31.4 Å². The summed E-state index contributed by atoms with van der Waals surface area (Å²) in [6.45, 7) is 3.66. The van der Waals surface area contributed by atoms with Crippen molar-refractivity contribution in [1.82, 2.24) is 14.8 Å². The van der Waals surface area contributed by atoms with Gasteiger partial charge in [-0.2, -0.15) is 0 Å². The zero-order valence-electron chi connectivity index (χ0n) is 14.2. The maximum absolute atomic E-state index is 12.7. The lowest BCUT2D eigenvalue weighted by Gasteiger charge is -2.33. The largest absolute Gasteiger partial charge is 0.384 e. The minimum atomic E-state index is 0.0321. The molecule has 0 saturated carbocycles. The van der Waals surface area contributed by atoms with Crippen molar-refractivity contribution in [2.45, 2.75) is 19.3 Å². The minimum Gasteiger partial charge on any atom is -0.384 e. The summed E-state index contributed by atoms with van der Waals surface area (Å²) in [5.41, 5.74) is 0.664. The number of nitrogens with zero attached hydrogens (tertiary/aromatic N) is 3. The highest BCUT2D eigenvalue weighted by molar-refractivity contribution is 5.94. The van der Waals surface area contributed by atoms with Gasteiger partial charge in [0.25, 0.3) is 5.91 Å².